The zero-order chi connectivity index (χ0) is 36.8. The number of carbonyl (C=O) groups is 1. The number of rotatable bonds is 5. The van der Waals surface area contributed by atoms with Crippen LogP contribution in [0, 0.1) is 0 Å². The van der Waals surface area contributed by atoms with Crippen molar-refractivity contribution >= 4 is 51.1 Å². The number of hydrogen-bond acceptors (Lipinski definition) is 3. The molecule has 0 amide bonds. The van der Waals surface area contributed by atoms with Gasteiger partial charge in [-0.1, -0.05) is 121 Å². The number of benzene rings is 4. The van der Waals surface area contributed by atoms with Crippen LogP contribution in [-0.2, 0) is 0 Å². The molecular formula is C46H29F3N4O. The van der Waals surface area contributed by atoms with Crippen molar-refractivity contribution in [2.75, 3.05) is 0 Å². The Morgan fingerprint density at radius 2 is 1.02 bits per heavy atom. The SMILES string of the molecule is O=C(c1c(-c2ccccc2)c2[nH]c1cc1nc(cc3ccc(cc4nc(c2-c2ccccc2)C(c2ccccc2)=C4c2ccccc2)[nH]3)C=C1)C(F)(F)F. The second kappa shape index (κ2) is 13.2. The van der Waals surface area contributed by atoms with Crippen LogP contribution in [0.2, 0.25) is 0 Å². The average Bonchev–Trinajstić information content (AvgIpc) is 3.99. The van der Waals surface area contributed by atoms with Gasteiger partial charge in [0.2, 0.25) is 0 Å². The lowest BCUT2D eigenvalue weighted by Crippen LogP contribution is -2.23. The molecule has 54 heavy (non-hydrogen) atoms. The first-order chi connectivity index (χ1) is 26.3. The minimum absolute atomic E-state index is 0.0126. The Hall–Kier alpha value is -7.06. The number of ketones is 1. The number of H-pyrrole nitrogens is 2. The van der Waals surface area contributed by atoms with E-state index in [0.29, 0.717) is 45.0 Å². The first kappa shape index (κ1) is 32.8. The number of Topliss-reactive ketones (excluding diaryl/α,β-unsaturated/α-hetero) is 1. The van der Waals surface area contributed by atoms with Gasteiger partial charge in [0.05, 0.1) is 39.4 Å². The molecule has 0 aliphatic carbocycles. The maximum atomic E-state index is 14.7. The molecule has 2 aliphatic rings. The maximum absolute atomic E-state index is 14.7. The van der Waals surface area contributed by atoms with E-state index in [-0.39, 0.29) is 11.1 Å². The van der Waals surface area contributed by atoms with Crippen LogP contribution in [0.3, 0.4) is 0 Å². The molecule has 0 spiro atoms. The molecule has 0 saturated carbocycles. The van der Waals surface area contributed by atoms with Crippen LogP contribution >= 0.6 is 0 Å². The quantitative estimate of drug-likeness (QED) is 0.175. The standard InChI is InChI=1S/C46H29F3N4O/c47-46(48,49)45(54)42-37-27-35-24-22-33(51-35)25-32-21-23-34(50-32)26-36-38(28-13-5-1-6-14-28)39(29-15-7-2-8-16-29)43(52-36)41(31-19-11-4-12-20-31)44(53-37)40(42)30-17-9-3-10-18-30/h1-27,50,53H. The van der Waals surface area contributed by atoms with Crippen molar-refractivity contribution in [3.63, 3.8) is 0 Å². The predicted molar refractivity (Wildman–Crippen MR) is 209 cm³/mol. The number of alkyl halides is 3. The number of nitrogens with zero attached hydrogens (tertiary/aromatic N) is 2. The predicted octanol–water partition coefficient (Wildman–Crippen LogP) is 11.6. The Labute approximate surface area is 307 Å². The topological polar surface area (TPSA) is 74.4 Å². The van der Waals surface area contributed by atoms with Gasteiger partial charge in [0, 0.05) is 33.3 Å². The van der Waals surface area contributed by atoms with Gasteiger partial charge < -0.3 is 9.97 Å². The summed E-state index contributed by atoms with van der Waals surface area (Å²) in [6.45, 7) is 0. The zero-order valence-electron chi connectivity index (χ0n) is 28.5. The molecule has 0 saturated heterocycles. The van der Waals surface area contributed by atoms with Crippen molar-refractivity contribution in [3.05, 3.63) is 191 Å². The first-order valence-electron chi connectivity index (χ1n) is 17.4. The van der Waals surface area contributed by atoms with Crippen molar-refractivity contribution < 1.29 is 18.0 Å². The van der Waals surface area contributed by atoms with Crippen LogP contribution in [0.15, 0.2) is 152 Å². The summed E-state index contributed by atoms with van der Waals surface area (Å²) in [5.41, 5.74) is 8.79. The third kappa shape index (κ3) is 5.93. The summed E-state index contributed by atoms with van der Waals surface area (Å²) in [7, 11) is 0. The molecule has 2 N–H and O–H groups in total. The van der Waals surface area contributed by atoms with Crippen LogP contribution < -0.4 is 0 Å². The normalized spacial score (nSPS) is 12.6. The summed E-state index contributed by atoms with van der Waals surface area (Å²) in [4.78, 5) is 30.6. The minimum atomic E-state index is -5.17. The van der Waals surface area contributed by atoms with Crippen LogP contribution in [0.4, 0.5) is 13.2 Å². The molecule has 260 valence electrons. The fraction of sp³-hybridized carbons (Fsp3) is 0.0217. The number of carbonyl (C=O) groups excluding carboxylic acids is 1. The van der Waals surface area contributed by atoms with Crippen molar-refractivity contribution in [1.29, 1.82) is 0 Å². The number of fused-ring (bicyclic) bond motifs is 8. The van der Waals surface area contributed by atoms with Gasteiger partial charge in [0.25, 0.3) is 5.78 Å². The molecule has 0 atom stereocenters. The molecular weight excluding hydrogens is 682 g/mol. The van der Waals surface area contributed by atoms with E-state index in [0.717, 1.165) is 33.3 Å². The Bertz CT molecular complexity index is 2800. The summed E-state index contributed by atoms with van der Waals surface area (Å²) in [6, 6.07) is 47.2. The lowest BCUT2D eigenvalue weighted by molar-refractivity contribution is -0.0883. The van der Waals surface area contributed by atoms with E-state index in [1.165, 1.54) is 6.07 Å². The summed E-state index contributed by atoms with van der Waals surface area (Å²) in [5.74, 6) is -1.96. The molecule has 3 aromatic heterocycles. The Morgan fingerprint density at radius 1 is 0.519 bits per heavy atom. The molecule has 8 heteroatoms. The second-order valence-corrected chi connectivity index (χ2v) is 13.0. The zero-order valence-corrected chi connectivity index (χ0v) is 28.5. The summed E-state index contributed by atoms with van der Waals surface area (Å²) in [5, 5.41) is 0. The molecule has 2 aliphatic heterocycles. The van der Waals surface area contributed by atoms with E-state index in [1.54, 1.807) is 42.5 Å². The van der Waals surface area contributed by atoms with Crippen molar-refractivity contribution in [2.24, 2.45) is 0 Å². The first-order valence-corrected chi connectivity index (χ1v) is 17.4. The monoisotopic (exact) mass is 710 g/mol. The van der Waals surface area contributed by atoms with Gasteiger partial charge in [0.15, 0.2) is 0 Å². The Kier molecular flexibility index (Phi) is 8.00. The molecule has 0 unspecified atom stereocenters. The van der Waals surface area contributed by atoms with Crippen molar-refractivity contribution in [3.8, 4) is 22.3 Å². The van der Waals surface area contributed by atoms with Gasteiger partial charge in [-0.05, 0) is 64.7 Å². The van der Waals surface area contributed by atoms with Gasteiger partial charge in [-0.2, -0.15) is 13.2 Å². The molecule has 9 rings (SSSR count). The van der Waals surface area contributed by atoms with Crippen molar-refractivity contribution in [2.45, 2.75) is 6.18 Å². The largest absolute Gasteiger partial charge is 0.454 e. The second-order valence-electron chi connectivity index (χ2n) is 13.0. The van der Waals surface area contributed by atoms with E-state index in [4.69, 9.17) is 9.97 Å². The smallest absolute Gasteiger partial charge is 0.355 e. The van der Waals surface area contributed by atoms with Crippen molar-refractivity contribution in [1.82, 2.24) is 19.9 Å². The fourth-order valence-electron chi connectivity index (χ4n) is 7.25. The van der Waals surface area contributed by atoms with Gasteiger partial charge in [-0.3, -0.25) is 4.79 Å². The molecule has 7 aromatic rings. The van der Waals surface area contributed by atoms with E-state index in [1.807, 2.05) is 115 Å². The highest BCUT2D eigenvalue weighted by molar-refractivity contribution is 6.18. The number of aromatic amines is 2. The van der Waals surface area contributed by atoms with Crippen LogP contribution in [0.25, 0.3) is 67.6 Å². The van der Waals surface area contributed by atoms with Crippen LogP contribution in [-0.4, -0.2) is 31.9 Å². The number of hydrogen-bond donors (Lipinski definition) is 2. The maximum Gasteiger partial charge on any atom is 0.454 e. The average molecular weight is 711 g/mol. The Morgan fingerprint density at radius 3 is 1.59 bits per heavy atom. The molecule has 5 nitrogen and oxygen atoms in total. The molecule has 8 bridgehead atoms. The highest BCUT2D eigenvalue weighted by atomic mass is 19.4. The van der Waals surface area contributed by atoms with Crippen LogP contribution in [0.1, 0.15) is 44.3 Å². The Balaban J connectivity index is 1.58. The van der Waals surface area contributed by atoms with Crippen LogP contribution in [0.5, 0.6) is 0 Å². The third-order valence-electron chi connectivity index (χ3n) is 9.53. The van der Waals surface area contributed by atoms with Gasteiger partial charge in [-0.15, -0.1) is 0 Å². The summed E-state index contributed by atoms with van der Waals surface area (Å²) in [6.07, 6.45) is -1.67. The third-order valence-corrected chi connectivity index (χ3v) is 9.53. The summed E-state index contributed by atoms with van der Waals surface area (Å²) >= 11 is 0. The summed E-state index contributed by atoms with van der Waals surface area (Å²) < 4.78 is 44.2. The lowest BCUT2D eigenvalue weighted by atomic mass is 9.88. The highest BCUT2D eigenvalue weighted by Crippen LogP contribution is 2.47. The number of halogens is 3. The minimum Gasteiger partial charge on any atom is -0.355 e. The molecule has 5 heterocycles. The van der Waals surface area contributed by atoms with Gasteiger partial charge in [0.1, 0.15) is 0 Å². The number of aromatic nitrogens is 4. The molecule has 4 aromatic carbocycles. The molecule has 0 fully saturated rings. The van der Waals surface area contributed by atoms with Gasteiger partial charge >= 0.3 is 6.18 Å². The van der Waals surface area contributed by atoms with E-state index >= 15 is 0 Å². The fourth-order valence-corrected chi connectivity index (χ4v) is 7.25. The van der Waals surface area contributed by atoms with E-state index in [2.05, 4.69) is 9.97 Å². The number of nitrogens with one attached hydrogen (secondary N) is 2. The molecule has 0 radical (unpaired) electrons. The lowest BCUT2D eigenvalue weighted by Gasteiger charge is -2.14. The highest BCUT2D eigenvalue weighted by Gasteiger charge is 2.43. The van der Waals surface area contributed by atoms with E-state index in [9.17, 15) is 18.0 Å². The van der Waals surface area contributed by atoms with E-state index < -0.39 is 17.5 Å². The van der Waals surface area contributed by atoms with Gasteiger partial charge in [-0.25, -0.2) is 9.97 Å².